The Balaban J connectivity index is 2.71. The number of likely N-dealkylation sites (tertiary alicyclic amines) is 1. The molecule has 1 aliphatic rings. The number of amides is 1. The number of ketones is 1. The largest absolute Gasteiger partial charge is 0.444 e. The van der Waals surface area contributed by atoms with Crippen LogP contribution >= 0.6 is 0 Å². The molecule has 0 aromatic heterocycles. The van der Waals surface area contributed by atoms with Crippen LogP contribution in [0.2, 0.25) is 0 Å². The van der Waals surface area contributed by atoms with Gasteiger partial charge in [-0.1, -0.05) is 0 Å². The van der Waals surface area contributed by atoms with Crippen LogP contribution in [0.5, 0.6) is 0 Å². The van der Waals surface area contributed by atoms with Crippen molar-refractivity contribution in [1.82, 2.24) is 4.90 Å². The van der Waals surface area contributed by atoms with E-state index in [1.54, 1.807) is 4.90 Å². The van der Waals surface area contributed by atoms with E-state index < -0.39 is 5.60 Å². The Kier molecular flexibility index (Phi) is 3.61. The summed E-state index contributed by atoms with van der Waals surface area (Å²) in [7, 11) is 0. The second-order valence-corrected chi connectivity index (χ2v) is 5.53. The van der Waals surface area contributed by atoms with E-state index in [1.165, 1.54) is 0 Å². The van der Waals surface area contributed by atoms with Crippen molar-refractivity contribution < 1.29 is 14.3 Å². The van der Waals surface area contributed by atoms with Crippen LogP contribution < -0.4 is 0 Å². The van der Waals surface area contributed by atoms with E-state index >= 15 is 0 Å². The third kappa shape index (κ3) is 3.22. The molecule has 16 heavy (non-hydrogen) atoms. The number of nitrogens with zero attached hydrogens (tertiary/aromatic N) is 1. The van der Waals surface area contributed by atoms with Crippen molar-refractivity contribution in [2.75, 3.05) is 0 Å². The molecule has 4 heteroatoms. The number of rotatable bonds is 0. The lowest BCUT2D eigenvalue weighted by Gasteiger charge is -2.38. The van der Waals surface area contributed by atoms with Crippen LogP contribution in [0.25, 0.3) is 0 Å². The van der Waals surface area contributed by atoms with Gasteiger partial charge in [0.1, 0.15) is 11.4 Å². The van der Waals surface area contributed by atoms with Crippen LogP contribution in [-0.2, 0) is 9.53 Å². The molecule has 0 radical (unpaired) electrons. The van der Waals surface area contributed by atoms with E-state index in [2.05, 4.69) is 0 Å². The SMILES string of the molecule is CC1CC(=O)C[C@@H](C)N1C(=O)OC(C)(C)C. The van der Waals surface area contributed by atoms with Gasteiger partial charge in [0.05, 0.1) is 0 Å². The van der Waals surface area contributed by atoms with Gasteiger partial charge in [0.25, 0.3) is 0 Å². The zero-order valence-corrected chi connectivity index (χ0v) is 10.7. The number of hydrogen-bond acceptors (Lipinski definition) is 3. The van der Waals surface area contributed by atoms with E-state index in [9.17, 15) is 9.59 Å². The summed E-state index contributed by atoms with van der Waals surface area (Å²) in [5.41, 5.74) is -0.488. The Morgan fingerprint density at radius 3 is 2.06 bits per heavy atom. The molecule has 0 bridgehead atoms. The molecule has 0 saturated carbocycles. The van der Waals surface area contributed by atoms with Crippen LogP contribution in [-0.4, -0.2) is 34.5 Å². The predicted molar refractivity (Wildman–Crippen MR) is 61.2 cm³/mol. The molecule has 1 fully saturated rings. The van der Waals surface area contributed by atoms with Crippen molar-refractivity contribution in [1.29, 1.82) is 0 Å². The second kappa shape index (κ2) is 4.44. The van der Waals surface area contributed by atoms with Crippen molar-refractivity contribution in [3.05, 3.63) is 0 Å². The normalized spacial score (nSPS) is 26.8. The zero-order valence-electron chi connectivity index (χ0n) is 10.7. The van der Waals surface area contributed by atoms with Crippen LogP contribution in [0.3, 0.4) is 0 Å². The van der Waals surface area contributed by atoms with E-state index in [0.717, 1.165) is 0 Å². The fourth-order valence-electron chi connectivity index (χ4n) is 2.05. The highest BCUT2D eigenvalue weighted by molar-refractivity contribution is 5.82. The quantitative estimate of drug-likeness (QED) is 0.638. The summed E-state index contributed by atoms with van der Waals surface area (Å²) in [6.45, 7) is 9.30. The summed E-state index contributed by atoms with van der Waals surface area (Å²) >= 11 is 0. The first-order valence-corrected chi connectivity index (χ1v) is 5.73. The van der Waals surface area contributed by atoms with Gasteiger partial charge in [0, 0.05) is 24.9 Å². The summed E-state index contributed by atoms with van der Waals surface area (Å²) in [6, 6.07) is -0.128. The monoisotopic (exact) mass is 227 g/mol. The molecule has 1 amide bonds. The Hall–Kier alpha value is -1.06. The lowest BCUT2D eigenvalue weighted by Crippen LogP contribution is -2.51. The number of carbonyl (C=O) groups excluding carboxylic acids is 2. The summed E-state index contributed by atoms with van der Waals surface area (Å²) in [5, 5.41) is 0. The van der Waals surface area contributed by atoms with Crippen LogP contribution in [0.15, 0.2) is 0 Å². The van der Waals surface area contributed by atoms with Gasteiger partial charge in [-0.3, -0.25) is 4.79 Å². The number of piperidine rings is 1. The molecule has 1 aliphatic heterocycles. The van der Waals surface area contributed by atoms with Crippen LogP contribution in [0, 0.1) is 0 Å². The zero-order chi connectivity index (χ0) is 12.5. The lowest BCUT2D eigenvalue weighted by atomic mass is 9.97. The molecule has 92 valence electrons. The Morgan fingerprint density at radius 2 is 1.69 bits per heavy atom. The van der Waals surface area contributed by atoms with Crippen LogP contribution in [0.4, 0.5) is 4.79 Å². The smallest absolute Gasteiger partial charge is 0.410 e. The van der Waals surface area contributed by atoms with Gasteiger partial charge < -0.3 is 9.64 Å². The Bertz CT molecular complexity index is 279. The van der Waals surface area contributed by atoms with Gasteiger partial charge in [-0.2, -0.15) is 0 Å². The van der Waals surface area contributed by atoms with Crippen molar-refractivity contribution >= 4 is 11.9 Å². The highest BCUT2D eigenvalue weighted by Gasteiger charge is 2.35. The van der Waals surface area contributed by atoms with E-state index in [-0.39, 0.29) is 24.0 Å². The van der Waals surface area contributed by atoms with Crippen molar-refractivity contribution in [2.24, 2.45) is 0 Å². The number of Topliss-reactive ketones (excluding diaryl/α,β-unsaturated/α-hetero) is 1. The number of carbonyl (C=O) groups is 2. The van der Waals surface area contributed by atoms with Crippen molar-refractivity contribution in [3.8, 4) is 0 Å². The molecule has 0 aliphatic carbocycles. The maximum Gasteiger partial charge on any atom is 0.410 e. The summed E-state index contributed by atoms with van der Waals surface area (Å²) in [5.74, 6) is 0.222. The molecule has 4 nitrogen and oxygen atoms in total. The molecular weight excluding hydrogens is 206 g/mol. The summed E-state index contributed by atoms with van der Waals surface area (Å²) in [6.07, 6.45) is 0.549. The maximum absolute atomic E-state index is 11.9. The number of ether oxygens (including phenoxy) is 1. The van der Waals surface area contributed by atoms with Gasteiger partial charge in [0.2, 0.25) is 0 Å². The second-order valence-electron chi connectivity index (χ2n) is 5.53. The first-order chi connectivity index (χ1) is 7.20. The van der Waals surface area contributed by atoms with Gasteiger partial charge in [0.15, 0.2) is 0 Å². The third-order valence-electron chi connectivity index (χ3n) is 2.60. The molecule has 1 rings (SSSR count). The molecule has 2 atom stereocenters. The molecular formula is C12H21NO3. The minimum atomic E-state index is -0.488. The molecule has 1 unspecified atom stereocenters. The third-order valence-corrected chi connectivity index (χ3v) is 2.60. The van der Waals surface area contributed by atoms with Gasteiger partial charge >= 0.3 is 6.09 Å². The molecule has 1 saturated heterocycles. The van der Waals surface area contributed by atoms with Crippen molar-refractivity contribution in [3.63, 3.8) is 0 Å². The number of hydrogen-bond donors (Lipinski definition) is 0. The topological polar surface area (TPSA) is 46.6 Å². The van der Waals surface area contributed by atoms with E-state index in [0.29, 0.717) is 12.8 Å². The minimum absolute atomic E-state index is 0.0638. The van der Waals surface area contributed by atoms with Gasteiger partial charge in [-0.25, -0.2) is 4.79 Å². The lowest BCUT2D eigenvalue weighted by molar-refractivity contribution is -0.124. The van der Waals surface area contributed by atoms with Crippen LogP contribution in [0.1, 0.15) is 47.5 Å². The van der Waals surface area contributed by atoms with E-state index in [1.807, 2.05) is 34.6 Å². The molecule has 0 aromatic rings. The fraction of sp³-hybridized carbons (Fsp3) is 0.833. The first-order valence-electron chi connectivity index (χ1n) is 5.73. The highest BCUT2D eigenvalue weighted by atomic mass is 16.6. The average Bonchev–Trinajstić information content (AvgIpc) is 1.96. The minimum Gasteiger partial charge on any atom is -0.444 e. The van der Waals surface area contributed by atoms with E-state index in [4.69, 9.17) is 4.74 Å². The standard InChI is InChI=1S/C12H21NO3/c1-8-6-10(14)7-9(2)13(8)11(15)16-12(3,4)5/h8-9H,6-7H2,1-5H3/t8-,9?/m1/s1. The fourth-order valence-corrected chi connectivity index (χ4v) is 2.05. The molecule has 1 heterocycles. The average molecular weight is 227 g/mol. The maximum atomic E-state index is 11.9. The molecule has 0 spiro atoms. The molecule has 0 N–H and O–H groups in total. The highest BCUT2D eigenvalue weighted by Crippen LogP contribution is 2.22. The molecule has 0 aromatic carbocycles. The Morgan fingerprint density at radius 1 is 1.25 bits per heavy atom. The summed E-state index contributed by atoms with van der Waals surface area (Å²) < 4.78 is 5.33. The van der Waals surface area contributed by atoms with Crippen molar-refractivity contribution in [2.45, 2.75) is 65.1 Å². The predicted octanol–water partition coefficient (Wildman–Crippen LogP) is 2.36. The van der Waals surface area contributed by atoms with Gasteiger partial charge in [-0.05, 0) is 34.6 Å². The summed E-state index contributed by atoms with van der Waals surface area (Å²) in [4.78, 5) is 25.0. The van der Waals surface area contributed by atoms with Gasteiger partial charge in [-0.15, -0.1) is 0 Å². The Labute approximate surface area is 96.9 Å². The first kappa shape index (κ1) is 13.0.